The van der Waals surface area contributed by atoms with Crippen molar-refractivity contribution in [3.05, 3.63) is 0 Å². The summed E-state index contributed by atoms with van der Waals surface area (Å²) in [6.07, 6.45) is -1.22. The number of rotatable bonds is 3. The van der Waals surface area contributed by atoms with Crippen LogP contribution >= 0.6 is 0 Å². The van der Waals surface area contributed by atoms with E-state index in [2.05, 4.69) is 0 Å². The molecule has 2 unspecified atom stereocenters. The van der Waals surface area contributed by atoms with Gasteiger partial charge in [0.25, 0.3) is 0 Å². The summed E-state index contributed by atoms with van der Waals surface area (Å²) >= 11 is 0. The Morgan fingerprint density at radius 1 is 1.18 bits per heavy atom. The number of nitrogens with one attached hydrogen (secondary N) is 1. The molecule has 4 fully saturated rings. The van der Waals surface area contributed by atoms with E-state index in [1.807, 2.05) is 5.32 Å². The van der Waals surface area contributed by atoms with E-state index in [0.29, 0.717) is 32.1 Å². The van der Waals surface area contributed by atoms with Crippen LogP contribution < -0.4 is 5.32 Å². The topological polar surface area (TPSA) is 66.4 Å². The van der Waals surface area contributed by atoms with Crippen molar-refractivity contribution in [1.82, 2.24) is 5.32 Å². The van der Waals surface area contributed by atoms with E-state index in [0.717, 1.165) is 6.42 Å². The molecule has 0 radical (unpaired) electrons. The number of carbonyl (C=O) groups is 2. The summed E-state index contributed by atoms with van der Waals surface area (Å²) in [6.45, 7) is 1.21. The van der Waals surface area contributed by atoms with Crippen LogP contribution in [0.1, 0.15) is 45.4 Å². The molecule has 4 bridgehead atoms. The van der Waals surface area contributed by atoms with E-state index in [9.17, 15) is 27.9 Å². The predicted molar refractivity (Wildman–Crippen MR) is 70.7 cm³/mol. The second kappa shape index (κ2) is 4.69. The second-order valence-electron chi connectivity index (χ2n) is 7.56. The zero-order valence-electron chi connectivity index (χ0n) is 12.4. The first-order chi connectivity index (χ1) is 10.0. The number of hydrogen-bond acceptors (Lipinski definition) is 3. The SMILES string of the molecule is CC(=O)[C@@H](NC(=O)C(F)(F)F)C12CC3CC(CC(O)(C3)C1)C2. The third-order valence-corrected chi connectivity index (χ3v) is 5.63. The highest BCUT2D eigenvalue weighted by atomic mass is 19.4. The normalized spacial score (nSPS) is 41.3. The van der Waals surface area contributed by atoms with Crippen molar-refractivity contribution in [1.29, 1.82) is 0 Å². The van der Waals surface area contributed by atoms with Crippen LogP contribution in [-0.2, 0) is 9.59 Å². The molecule has 4 rings (SSSR count). The molecule has 124 valence electrons. The molecule has 4 aliphatic carbocycles. The number of aliphatic hydroxyl groups is 1. The molecule has 4 saturated carbocycles. The van der Waals surface area contributed by atoms with Crippen molar-refractivity contribution in [3.8, 4) is 0 Å². The molecule has 0 aliphatic heterocycles. The number of ketones is 1. The molecule has 4 nitrogen and oxygen atoms in total. The first-order valence-corrected chi connectivity index (χ1v) is 7.64. The molecule has 4 aliphatic rings. The van der Waals surface area contributed by atoms with Crippen molar-refractivity contribution < 1.29 is 27.9 Å². The Morgan fingerprint density at radius 2 is 1.73 bits per heavy atom. The average molecular weight is 319 g/mol. The molecule has 1 amide bonds. The number of halogens is 3. The minimum atomic E-state index is -5.01. The second-order valence-corrected chi connectivity index (χ2v) is 7.56. The van der Waals surface area contributed by atoms with Crippen LogP contribution in [-0.4, -0.2) is 34.6 Å². The first kappa shape index (κ1) is 15.8. The van der Waals surface area contributed by atoms with Crippen LogP contribution in [0.3, 0.4) is 0 Å². The first-order valence-electron chi connectivity index (χ1n) is 7.64. The molecule has 2 N–H and O–H groups in total. The maximum atomic E-state index is 12.5. The molecule has 0 aromatic rings. The van der Waals surface area contributed by atoms with Gasteiger partial charge in [-0.05, 0) is 57.3 Å². The Balaban J connectivity index is 1.89. The minimum absolute atomic E-state index is 0.232. The van der Waals surface area contributed by atoms with Crippen molar-refractivity contribution in [2.45, 2.75) is 63.3 Å². The van der Waals surface area contributed by atoms with E-state index in [-0.39, 0.29) is 11.8 Å². The van der Waals surface area contributed by atoms with Crippen molar-refractivity contribution in [2.24, 2.45) is 17.3 Å². The predicted octanol–water partition coefficient (Wildman–Crippen LogP) is 1.95. The van der Waals surface area contributed by atoms with Gasteiger partial charge in [0, 0.05) is 5.41 Å². The number of hydrogen-bond donors (Lipinski definition) is 2. The van der Waals surface area contributed by atoms with Gasteiger partial charge in [-0.2, -0.15) is 13.2 Å². The maximum absolute atomic E-state index is 12.5. The lowest BCUT2D eigenvalue weighted by molar-refractivity contribution is -0.188. The molecule has 0 aromatic carbocycles. The fourth-order valence-electron chi connectivity index (χ4n) is 5.52. The summed E-state index contributed by atoms with van der Waals surface area (Å²) in [5.74, 6) is -2.08. The molecule has 0 spiro atoms. The standard InChI is InChI=1S/C15H20F3NO3/c1-8(20)11(19-12(21)15(16,17)18)13-3-9-2-10(4-13)6-14(22,5-9)7-13/h9-11,22H,2-7H2,1H3,(H,19,21)/t9?,10?,11-,13?,14?/m1/s1. The Kier molecular flexibility index (Phi) is 3.36. The van der Waals surface area contributed by atoms with Crippen LogP contribution in [0.2, 0.25) is 0 Å². The summed E-state index contributed by atoms with van der Waals surface area (Å²) in [5.41, 5.74) is -1.62. The summed E-state index contributed by atoms with van der Waals surface area (Å²) in [5, 5.41) is 12.6. The summed E-state index contributed by atoms with van der Waals surface area (Å²) < 4.78 is 37.6. The number of alkyl halides is 3. The number of amides is 1. The quantitative estimate of drug-likeness (QED) is 0.835. The molecule has 0 heterocycles. The molecular weight excluding hydrogens is 299 g/mol. The van der Waals surface area contributed by atoms with Gasteiger partial charge in [0.05, 0.1) is 11.6 Å². The fourth-order valence-corrected chi connectivity index (χ4v) is 5.52. The van der Waals surface area contributed by atoms with Crippen LogP contribution in [0.4, 0.5) is 13.2 Å². The van der Waals surface area contributed by atoms with Gasteiger partial charge >= 0.3 is 12.1 Å². The third kappa shape index (κ3) is 2.53. The summed E-state index contributed by atoms with van der Waals surface area (Å²) in [6, 6.07) is -1.17. The minimum Gasteiger partial charge on any atom is -0.390 e. The van der Waals surface area contributed by atoms with Crippen LogP contribution in [0.5, 0.6) is 0 Å². The van der Waals surface area contributed by atoms with Crippen molar-refractivity contribution >= 4 is 11.7 Å². The third-order valence-electron chi connectivity index (χ3n) is 5.63. The average Bonchev–Trinajstić information content (AvgIpc) is 2.30. The molecule has 3 atom stereocenters. The van der Waals surface area contributed by atoms with Crippen LogP contribution in [0.25, 0.3) is 0 Å². The van der Waals surface area contributed by atoms with Crippen LogP contribution in [0.15, 0.2) is 0 Å². The Bertz CT molecular complexity index is 503. The van der Waals surface area contributed by atoms with Gasteiger partial charge in [-0.15, -0.1) is 0 Å². The molecule has 0 aromatic heterocycles. The molecular formula is C15H20F3NO3. The van der Waals surface area contributed by atoms with E-state index in [1.54, 1.807) is 0 Å². The Morgan fingerprint density at radius 3 is 2.14 bits per heavy atom. The van der Waals surface area contributed by atoms with Crippen molar-refractivity contribution in [3.63, 3.8) is 0 Å². The lowest BCUT2D eigenvalue weighted by atomic mass is 9.46. The Hall–Kier alpha value is -1.11. The highest BCUT2D eigenvalue weighted by Crippen LogP contribution is 2.62. The lowest BCUT2D eigenvalue weighted by Gasteiger charge is -2.62. The molecule has 0 saturated heterocycles. The van der Waals surface area contributed by atoms with Gasteiger partial charge in [-0.25, -0.2) is 0 Å². The zero-order chi connectivity index (χ0) is 16.3. The Labute approximate surface area is 126 Å². The van der Waals surface area contributed by atoms with Gasteiger partial charge in [-0.3, -0.25) is 9.59 Å². The largest absolute Gasteiger partial charge is 0.471 e. The van der Waals surface area contributed by atoms with E-state index in [1.165, 1.54) is 6.92 Å². The van der Waals surface area contributed by atoms with Gasteiger partial charge in [0.2, 0.25) is 0 Å². The van der Waals surface area contributed by atoms with E-state index < -0.39 is 34.9 Å². The molecule has 22 heavy (non-hydrogen) atoms. The summed E-state index contributed by atoms with van der Waals surface area (Å²) in [4.78, 5) is 23.3. The lowest BCUT2D eigenvalue weighted by Crippen LogP contribution is -2.64. The van der Waals surface area contributed by atoms with Gasteiger partial charge in [-0.1, -0.05) is 0 Å². The smallest absolute Gasteiger partial charge is 0.390 e. The zero-order valence-corrected chi connectivity index (χ0v) is 12.4. The maximum Gasteiger partial charge on any atom is 0.471 e. The monoisotopic (exact) mass is 319 g/mol. The van der Waals surface area contributed by atoms with Gasteiger partial charge < -0.3 is 10.4 Å². The van der Waals surface area contributed by atoms with Crippen molar-refractivity contribution in [2.75, 3.05) is 0 Å². The van der Waals surface area contributed by atoms with Gasteiger partial charge in [0.15, 0.2) is 5.78 Å². The van der Waals surface area contributed by atoms with Crippen LogP contribution in [0, 0.1) is 17.3 Å². The highest BCUT2D eigenvalue weighted by molar-refractivity contribution is 5.90. The summed E-state index contributed by atoms with van der Waals surface area (Å²) in [7, 11) is 0. The number of carbonyl (C=O) groups excluding carboxylic acids is 2. The molecule has 7 heteroatoms. The highest BCUT2D eigenvalue weighted by Gasteiger charge is 2.61. The van der Waals surface area contributed by atoms with E-state index >= 15 is 0 Å². The fraction of sp³-hybridized carbons (Fsp3) is 0.867. The van der Waals surface area contributed by atoms with E-state index in [4.69, 9.17) is 0 Å². The number of Topliss-reactive ketones (excluding diaryl/α,β-unsaturated/α-hetero) is 1. The van der Waals surface area contributed by atoms with Gasteiger partial charge in [0.1, 0.15) is 0 Å².